The highest BCUT2D eigenvalue weighted by Crippen LogP contribution is 2.17. The number of esters is 3. The van der Waals surface area contributed by atoms with Crippen LogP contribution in [0.5, 0.6) is 0 Å². The van der Waals surface area contributed by atoms with Crippen LogP contribution >= 0.6 is 0 Å². The molecule has 0 radical (unpaired) electrons. The van der Waals surface area contributed by atoms with Crippen molar-refractivity contribution in [2.45, 2.75) is 303 Å². The minimum atomic E-state index is -0.758. The summed E-state index contributed by atoms with van der Waals surface area (Å²) < 4.78 is 16.8. The number of carbonyl (C=O) groups is 3. The number of carbonyl (C=O) groups excluding carboxylic acids is 3. The molecule has 344 valence electrons. The van der Waals surface area contributed by atoms with Crippen LogP contribution in [0.3, 0.4) is 0 Å². The molecular weight excluding hydrogens is 721 g/mol. The van der Waals surface area contributed by atoms with Crippen molar-refractivity contribution in [3.63, 3.8) is 0 Å². The predicted molar refractivity (Wildman–Crippen MR) is 247 cm³/mol. The summed E-state index contributed by atoms with van der Waals surface area (Å²) in [6.45, 7) is 6.66. The molecule has 0 saturated carbocycles. The fourth-order valence-electron chi connectivity index (χ4n) is 7.92. The normalized spacial score (nSPS) is 11.8. The third-order valence-electron chi connectivity index (χ3n) is 11.9. The van der Waals surface area contributed by atoms with Crippen molar-refractivity contribution >= 4 is 17.9 Å². The molecular formula is C52H100O6. The van der Waals surface area contributed by atoms with Gasteiger partial charge in [-0.1, -0.05) is 258 Å². The first-order chi connectivity index (χ1) is 28.5. The van der Waals surface area contributed by atoms with E-state index in [4.69, 9.17) is 14.2 Å². The number of rotatable bonds is 48. The third-order valence-corrected chi connectivity index (χ3v) is 11.9. The third kappa shape index (κ3) is 45.5. The van der Waals surface area contributed by atoms with Gasteiger partial charge in [0.15, 0.2) is 6.10 Å². The van der Waals surface area contributed by atoms with Gasteiger partial charge in [0, 0.05) is 19.3 Å². The Kier molecular flexibility index (Phi) is 46.8. The van der Waals surface area contributed by atoms with Gasteiger partial charge in [-0.15, -0.1) is 0 Å². The standard InChI is InChI=1S/C52H100O6/c1-4-7-10-13-16-19-21-23-25-26-27-29-31-34-36-39-42-45-51(54)57-48-49(58-52(55)46-43-40-37-32-18-15-12-9-6-3)47-56-50(53)44-41-38-35-33-30-28-24-22-20-17-14-11-8-5-2/h49H,4-48H2,1-3H3/t49-/m1/s1. The summed E-state index contributed by atoms with van der Waals surface area (Å²) in [6.07, 6.45) is 50.9. The van der Waals surface area contributed by atoms with Crippen LogP contribution in [0.4, 0.5) is 0 Å². The van der Waals surface area contributed by atoms with Crippen LogP contribution in [0.1, 0.15) is 297 Å². The van der Waals surface area contributed by atoms with Crippen LogP contribution in [0.2, 0.25) is 0 Å². The van der Waals surface area contributed by atoms with Gasteiger partial charge in [-0.05, 0) is 19.3 Å². The van der Waals surface area contributed by atoms with Crippen LogP contribution in [-0.4, -0.2) is 37.2 Å². The summed E-state index contributed by atoms with van der Waals surface area (Å²) in [5.41, 5.74) is 0. The van der Waals surface area contributed by atoms with Crippen LogP contribution in [0, 0.1) is 0 Å². The molecule has 0 aliphatic rings. The molecule has 0 aromatic carbocycles. The molecule has 0 spiro atoms. The van der Waals surface area contributed by atoms with E-state index in [1.165, 1.54) is 199 Å². The Hall–Kier alpha value is -1.59. The van der Waals surface area contributed by atoms with Gasteiger partial charge in [-0.25, -0.2) is 0 Å². The molecule has 58 heavy (non-hydrogen) atoms. The van der Waals surface area contributed by atoms with Crippen LogP contribution in [-0.2, 0) is 28.6 Å². The zero-order valence-electron chi connectivity index (χ0n) is 39.3. The minimum Gasteiger partial charge on any atom is -0.462 e. The van der Waals surface area contributed by atoms with Crippen LogP contribution in [0.15, 0.2) is 0 Å². The molecule has 0 bridgehead atoms. The summed E-state index contributed by atoms with van der Waals surface area (Å²) in [4.78, 5) is 37.8. The topological polar surface area (TPSA) is 78.9 Å². The SMILES string of the molecule is CCCCCCCCCCCCCCCCCCCC(=O)OC[C@@H](COC(=O)CCCCCCCCCCCCCCCC)OC(=O)CCCCCCCCCCC. The zero-order chi connectivity index (χ0) is 42.3. The van der Waals surface area contributed by atoms with E-state index in [9.17, 15) is 14.4 Å². The highest BCUT2D eigenvalue weighted by Gasteiger charge is 2.19. The van der Waals surface area contributed by atoms with E-state index in [0.29, 0.717) is 19.3 Å². The summed E-state index contributed by atoms with van der Waals surface area (Å²) in [7, 11) is 0. The summed E-state index contributed by atoms with van der Waals surface area (Å²) in [5.74, 6) is -0.844. The number of hydrogen-bond acceptors (Lipinski definition) is 6. The fourth-order valence-corrected chi connectivity index (χ4v) is 7.92. The lowest BCUT2D eigenvalue weighted by molar-refractivity contribution is -0.167. The smallest absolute Gasteiger partial charge is 0.306 e. The van der Waals surface area contributed by atoms with E-state index in [0.717, 1.165) is 57.8 Å². The second kappa shape index (κ2) is 48.1. The van der Waals surface area contributed by atoms with Crippen molar-refractivity contribution in [3.05, 3.63) is 0 Å². The lowest BCUT2D eigenvalue weighted by atomic mass is 10.0. The quantitative estimate of drug-likeness (QED) is 0.0346. The summed E-state index contributed by atoms with van der Waals surface area (Å²) in [5, 5.41) is 0. The predicted octanol–water partition coefficient (Wildman–Crippen LogP) is 16.8. The molecule has 0 aliphatic heterocycles. The zero-order valence-corrected chi connectivity index (χ0v) is 39.3. The first-order valence-corrected chi connectivity index (χ1v) is 26.0. The molecule has 0 aromatic rings. The van der Waals surface area contributed by atoms with Crippen molar-refractivity contribution < 1.29 is 28.6 Å². The van der Waals surface area contributed by atoms with Crippen LogP contribution in [0.25, 0.3) is 0 Å². The van der Waals surface area contributed by atoms with Gasteiger partial charge in [-0.2, -0.15) is 0 Å². The van der Waals surface area contributed by atoms with Crippen molar-refractivity contribution in [1.82, 2.24) is 0 Å². The van der Waals surface area contributed by atoms with E-state index < -0.39 is 6.10 Å². The van der Waals surface area contributed by atoms with Gasteiger partial charge in [0.25, 0.3) is 0 Å². The maximum atomic E-state index is 12.7. The molecule has 0 aliphatic carbocycles. The molecule has 0 heterocycles. The Morgan fingerprint density at radius 3 is 0.690 bits per heavy atom. The highest BCUT2D eigenvalue weighted by atomic mass is 16.6. The minimum absolute atomic E-state index is 0.0621. The molecule has 0 aromatic heterocycles. The number of hydrogen-bond donors (Lipinski definition) is 0. The lowest BCUT2D eigenvalue weighted by Crippen LogP contribution is -2.30. The maximum Gasteiger partial charge on any atom is 0.306 e. The van der Waals surface area contributed by atoms with Crippen LogP contribution < -0.4 is 0 Å². The summed E-state index contributed by atoms with van der Waals surface area (Å²) in [6, 6.07) is 0. The Labute approximate surface area is 361 Å². The van der Waals surface area contributed by atoms with E-state index in [1.54, 1.807) is 0 Å². The molecule has 0 saturated heterocycles. The maximum absolute atomic E-state index is 12.7. The fraction of sp³-hybridized carbons (Fsp3) is 0.942. The van der Waals surface area contributed by atoms with E-state index in [1.807, 2.05) is 0 Å². The molecule has 0 fully saturated rings. The Balaban J connectivity index is 4.22. The molecule has 6 nitrogen and oxygen atoms in total. The summed E-state index contributed by atoms with van der Waals surface area (Å²) >= 11 is 0. The second-order valence-corrected chi connectivity index (χ2v) is 17.8. The monoisotopic (exact) mass is 821 g/mol. The van der Waals surface area contributed by atoms with Crippen molar-refractivity contribution in [3.8, 4) is 0 Å². The van der Waals surface area contributed by atoms with E-state index >= 15 is 0 Å². The van der Waals surface area contributed by atoms with Gasteiger partial charge in [0.05, 0.1) is 0 Å². The molecule has 1 atom stereocenters. The second-order valence-electron chi connectivity index (χ2n) is 17.8. The lowest BCUT2D eigenvalue weighted by Gasteiger charge is -2.18. The van der Waals surface area contributed by atoms with Gasteiger partial charge >= 0.3 is 17.9 Å². The van der Waals surface area contributed by atoms with Crippen molar-refractivity contribution in [1.29, 1.82) is 0 Å². The van der Waals surface area contributed by atoms with Gasteiger partial charge in [-0.3, -0.25) is 14.4 Å². The van der Waals surface area contributed by atoms with Crippen molar-refractivity contribution in [2.24, 2.45) is 0 Å². The van der Waals surface area contributed by atoms with Gasteiger partial charge in [0.2, 0.25) is 0 Å². The molecule has 0 N–H and O–H groups in total. The molecule has 0 amide bonds. The first kappa shape index (κ1) is 56.4. The number of unbranched alkanes of at least 4 members (excludes halogenated alkanes) is 37. The highest BCUT2D eigenvalue weighted by molar-refractivity contribution is 5.71. The van der Waals surface area contributed by atoms with Gasteiger partial charge < -0.3 is 14.2 Å². The van der Waals surface area contributed by atoms with E-state index in [2.05, 4.69) is 20.8 Å². The largest absolute Gasteiger partial charge is 0.462 e. The molecule has 6 heteroatoms. The van der Waals surface area contributed by atoms with Gasteiger partial charge in [0.1, 0.15) is 13.2 Å². The molecule has 0 unspecified atom stereocenters. The Morgan fingerprint density at radius 2 is 0.466 bits per heavy atom. The Morgan fingerprint density at radius 1 is 0.276 bits per heavy atom. The average Bonchev–Trinajstić information content (AvgIpc) is 3.22. The van der Waals surface area contributed by atoms with E-state index in [-0.39, 0.29) is 31.1 Å². The Bertz CT molecular complexity index is 859. The van der Waals surface area contributed by atoms with Crippen molar-refractivity contribution in [2.75, 3.05) is 13.2 Å². The average molecular weight is 821 g/mol. The molecule has 0 rings (SSSR count). The first-order valence-electron chi connectivity index (χ1n) is 26.0. The number of ether oxygens (including phenoxy) is 3.